The molecule has 5 nitrogen and oxygen atoms in total. The second-order valence-corrected chi connectivity index (χ2v) is 4.77. The molecule has 1 aromatic heterocycles. The third-order valence-corrected chi connectivity index (χ3v) is 3.13. The summed E-state index contributed by atoms with van der Waals surface area (Å²) in [5, 5.41) is 4.25. The topological polar surface area (TPSA) is 65.2 Å². The lowest BCUT2D eigenvalue weighted by molar-refractivity contribution is -0.139. The van der Waals surface area contributed by atoms with Crippen LogP contribution in [-0.2, 0) is 9.53 Å². The Labute approximate surface area is 115 Å². The number of thioether (sulfide) groups is 1. The lowest BCUT2D eigenvalue weighted by Crippen LogP contribution is -2.06. The average Bonchev–Trinajstić information content (AvgIpc) is 2.86. The Morgan fingerprint density at radius 2 is 2.11 bits per heavy atom. The van der Waals surface area contributed by atoms with E-state index >= 15 is 0 Å². The number of aromatic nitrogens is 2. The highest BCUT2D eigenvalue weighted by atomic mass is 32.2. The Kier molecular flexibility index (Phi) is 4.57. The van der Waals surface area contributed by atoms with Crippen LogP contribution in [0.1, 0.15) is 12.5 Å². The maximum absolute atomic E-state index is 11.2. The highest BCUT2D eigenvalue weighted by Crippen LogP contribution is 2.21. The normalized spacial score (nSPS) is 10.4. The molecule has 6 heteroatoms. The quantitative estimate of drug-likeness (QED) is 0.619. The fourth-order valence-electron chi connectivity index (χ4n) is 1.41. The molecule has 0 N–H and O–H groups in total. The first-order valence-electron chi connectivity index (χ1n) is 5.88. The number of carbonyl (C=O) groups excluding carboxylic acids is 1. The second kappa shape index (κ2) is 6.38. The molecule has 0 unspecified atom stereocenters. The maximum Gasteiger partial charge on any atom is 0.316 e. The van der Waals surface area contributed by atoms with Crippen LogP contribution in [-0.4, -0.2) is 28.5 Å². The predicted octanol–water partition coefficient (Wildman–Crippen LogP) is 2.70. The summed E-state index contributed by atoms with van der Waals surface area (Å²) in [6.07, 6.45) is 0. The monoisotopic (exact) mass is 278 g/mol. The molecule has 0 spiro atoms. The van der Waals surface area contributed by atoms with Crippen molar-refractivity contribution in [2.75, 3.05) is 12.4 Å². The minimum Gasteiger partial charge on any atom is -0.465 e. The minimum absolute atomic E-state index is 0.170. The zero-order chi connectivity index (χ0) is 13.7. The molecule has 19 heavy (non-hydrogen) atoms. The van der Waals surface area contributed by atoms with Gasteiger partial charge in [-0.25, -0.2) is 0 Å². The number of hydrogen-bond donors (Lipinski definition) is 0. The fraction of sp³-hybridized carbons (Fsp3) is 0.308. The summed E-state index contributed by atoms with van der Waals surface area (Å²) in [5.74, 6) is 0.401. The number of rotatable bonds is 5. The van der Waals surface area contributed by atoms with E-state index in [2.05, 4.69) is 10.1 Å². The van der Waals surface area contributed by atoms with Crippen molar-refractivity contribution < 1.29 is 14.1 Å². The van der Waals surface area contributed by atoms with Crippen molar-refractivity contribution in [2.45, 2.75) is 19.1 Å². The number of hydrogen-bond acceptors (Lipinski definition) is 6. The lowest BCUT2D eigenvalue weighted by atomic mass is 10.1. The van der Waals surface area contributed by atoms with Crippen LogP contribution in [0.25, 0.3) is 11.4 Å². The van der Waals surface area contributed by atoms with Crippen LogP contribution < -0.4 is 0 Å². The Bertz CT molecular complexity index is 551. The van der Waals surface area contributed by atoms with Crippen molar-refractivity contribution in [3.63, 3.8) is 0 Å². The van der Waals surface area contributed by atoms with E-state index in [0.717, 1.165) is 5.56 Å². The van der Waals surface area contributed by atoms with Gasteiger partial charge in [-0.2, -0.15) is 4.98 Å². The molecule has 0 amide bonds. The number of ether oxygens (including phenoxy) is 1. The van der Waals surface area contributed by atoms with Crippen molar-refractivity contribution in [3.05, 3.63) is 29.8 Å². The summed E-state index contributed by atoms with van der Waals surface area (Å²) >= 11 is 1.17. The number of benzene rings is 1. The minimum atomic E-state index is -0.289. The molecule has 2 rings (SSSR count). The van der Waals surface area contributed by atoms with Crippen LogP contribution in [0, 0.1) is 6.92 Å². The van der Waals surface area contributed by atoms with E-state index in [0.29, 0.717) is 17.7 Å². The van der Waals surface area contributed by atoms with Gasteiger partial charge in [0.25, 0.3) is 5.22 Å². The molecule has 0 aliphatic carbocycles. The molecule has 0 aliphatic rings. The van der Waals surface area contributed by atoms with Crippen molar-refractivity contribution in [2.24, 2.45) is 0 Å². The number of nitrogens with zero attached hydrogens (tertiary/aromatic N) is 2. The molecular formula is C13H14N2O3S. The molecule has 100 valence electrons. The molecule has 1 heterocycles. The standard InChI is InChI=1S/C13H14N2O3S/c1-3-17-11(16)8-19-13-14-12(15-18-13)10-6-4-9(2)5-7-10/h4-7H,3,8H2,1-2H3. The molecule has 0 saturated heterocycles. The SMILES string of the molecule is CCOC(=O)CSc1nc(-c2ccc(C)cc2)no1. The molecular weight excluding hydrogens is 264 g/mol. The van der Waals surface area contributed by atoms with Gasteiger partial charge in [0.2, 0.25) is 5.82 Å². The molecule has 0 bridgehead atoms. The Balaban J connectivity index is 1.99. The van der Waals surface area contributed by atoms with Crippen LogP contribution in [0.4, 0.5) is 0 Å². The summed E-state index contributed by atoms with van der Waals surface area (Å²) in [5.41, 5.74) is 2.06. The van der Waals surface area contributed by atoms with Crippen molar-refractivity contribution >= 4 is 17.7 Å². The van der Waals surface area contributed by atoms with Gasteiger partial charge in [-0.3, -0.25) is 4.79 Å². The van der Waals surface area contributed by atoms with Crippen LogP contribution in [0.15, 0.2) is 34.0 Å². The van der Waals surface area contributed by atoms with Gasteiger partial charge in [0.05, 0.1) is 6.61 Å². The largest absolute Gasteiger partial charge is 0.465 e. The average molecular weight is 278 g/mol. The molecule has 2 aromatic rings. The van der Waals surface area contributed by atoms with Crippen LogP contribution in [0.2, 0.25) is 0 Å². The van der Waals surface area contributed by atoms with Gasteiger partial charge in [0.15, 0.2) is 0 Å². The van der Waals surface area contributed by atoms with Gasteiger partial charge < -0.3 is 9.26 Å². The molecule has 0 saturated carbocycles. The predicted molar refractivity (Wildman–Crippen MR) is 71.8 cm³/mol. The van der Waals surface area contributed by atoms with Gasteiger partial charge in [-0.15, -0.1) is 0 Å². The maximum atomic E-state index is 11.2. The van der Waals surface area contributed by atoms with E-state index < -0.39 is 0 Å². The fourth-order valence-corrected chi connectivity index (χ4v) is 1.98. The number of aryl methyl sites for hydroxylation is 1. The number of esters is 1. The Morgan fingerprint density at radius 3 is 2.79 bits per heavy atom. The zero-order valence-electron chi connectivity index (χ0n) is 10.8. The van der Waals surface area contributed by atoms with Crippen LogP contribution in [0.3, 0.4) is 0 Å². The highest BCUT2D eigenvalue weighted by molar-refractivity contribution is 7.99. The van der Waals surface area contributed by atoms with E-state index in [4.69, 9.17) is 9.26 Å². The summed E-state index contributed by atoms with van der Waals surface area (Å²) in [6.45, 7) is 4.16. The summed E-state index contributed by atoms with van der Waals surface area (Å²) in [7, 11) is 0. The molecule has 0 fully saturated rings. The second-order valence-electron chi connectivity index (χ2n) is 3.84. The molecule has 1 aromatic carbocycles. The van der Waals surface area contributed by atoms with E-state index in [-0.39, 0.29) is 11.7 Å². The van der Waals surface area contributed by atoms with Gasteiger partial charge in [-0.1, -0.05) is 46.7 Å². The Morgan fingerprint density at radius 1 is 1.37 bits per heavy atom. The number of carbonyl (C=O) groups is 1. The zero-order valence-corrected chi connectivity index (χ0v) is 11.6. The van der Waals surface area contributed by atoms with Gasteiger partial charge in [-0.05, 0) is 13.8 Å². The van der Waals surface area contributed by atoms with Gasteiger partial charge in [0.1, 0.15) is 5.75 Å². The first-order chi connectivity index (χ1) is 9.19. The van der Waals surface area contributed by atoms with E-state index in [1.165, 1.54) is 17.3 Å². The van der Waals surface area contributed by atoms with Crippen LogP contribution in [0.5, 0.6) is 0 Å². The molecule has 0 atom stereocenters. The smallest absolute Gasteiger partial charge is 0.316 e. The third-order valence-electron chi connectivity index (χ3n) is 2.34. The van der Waals surface area contributed by atoms with Gasteiger partial charge in [0, 0.05) is 5.56 Å². The van der Waals surface area contributed by atoms with Crippen LogP contribution >= 0.6 is 11.8 Å². The van der Waals surface area contributed by atoms with E-state index in [1.807, 2.05) is 31.2 Å². The summed E-state index contributed by atoms with van der Waals surface area (Å²) in [6, 6.07) is 7.83. The van der Waals surface area contributed by atoms with Gasteiger partial charge >= 0.3 is 5.97 Å². The molecule has 0 aliphatic heterocycles. The first-order valence-corrected chi connectivity index (χ1v) is 6.86. The van der Waals surface area contributed by atoms with Crippen molar-refractivity contribution in [1.82, 2.24) is 10.1 Å². The molecule has 0 radical (unpaired) electrons. The van der Waals surface area contributed by atoms with Crippen molar-refractivity contribution in [3.8, 4) is 11.4 Å². The van der Waals surface area contributed by atoms with Crippen molar-refractivity contribution in [1.29, 1.82) is 0 Å². The third kappa shape index (κ3) is 3.82. The summed E-state index contributed by atoms with van der Waals surface area (Å²) in [4.78, 5) is 15.4. The lowest BCUT2D eigenvalue weighted by Gasteiger charge is -1.97. The highest BCUT2D eigenvalue weighted by Gasteiger charge is 2.11. The summed E-state index contributed by atoms with van der Waals surface area (Å²) < 4.78 is 9.89. The Hall–Kier alpha value is -1.82. The first kappa shape index (κ1) is 13.6. The van der Waals surface area contributed by atoms with E-state index in [1.54, 1.807) is 6.92 Å². The van der Waals surface area contributed by atoms with E-state index in [9.17, 15) is 4.79 Å².